The highest BCUT2D eigenvalue weighted by Crippen LogP contribution is 2.83. The zero-order valence-electron chi connectivity index (χ0n) is 10.4. The summed E-state index contributed by atoms with van der Waals surface area (Å²) in [5.74, 6) is 2.96. The van der Waals surface area contributed by atoms with Crippen molar-refractivity contribution in [1.29, 1.82) is 0 Å². The van der Waals surface area contributed by atoms with E-state index < -0.39 is 0 Å². The van der Waals surface area contributed by atoms with Gasteiger partial charge < -0.3 is 0 Å². The Morgan fingerprint density at radius 1 is 0.857 bits per heavy atom. The quantitative estimate of drug-likeness (QED) is 0.542. The highest BCUT2D eigenvalue weighted by atomic mass is 14.8. The molecule has 0 radical (unpaired) electrons. The van der Waals surface area contributed by atoms with Gasteiger partial charge in [-0.2, -0.15) is 0 Å². The van der Waals surface area contributed by atoms with Crippen LogP contribution in [0.4, 0.5) is 0 Å². The van der Waals surface area contributed by atoms with Gasteiger partial charge >= 0.3 is 0 Å². The average molecular weight is 192 g/mol. The normalized spacial score (nSPS) is 70.5. The molecule has 14 heavy (non-hydrogen) atoms. The SMILES string of the molecule is CC1CC12CC(C)C1(C)CC1(C)C2C. The minimum atomic E-state index is 0.690. The Morgan fingerprint density at radius 2 is 1.43 bits per heavy atom. The largest absolute Gasteiger partial charge is 0.0619 e. The van der Waals surface area contributed by atoms with Crippen molar-refractivity contribution >= 4 is 0 Å². The molecule has 3 aliphatic carbocycles. The first-order chi connectivity index (χ1) is 6.37. The van der Waals surface area contributed by atoms with Gasteiger partial charge in [-0.15, -0.1) is 0 Å². The first-order valence-electron chi connectivity index (χ1n) is 6.37. The van der Waals surface area contributed by atoms with Gasteiger partial charge in [-0.3, -0.25) is 0 Å². The van der Waals surface area contributed by atoms with Crippen LogP contribution < -0.4 is 0 Å². The highest BCUT2D eigenvalue weighted by Gasteiger charge is 2.76. The predicted molar refractivity (Wildman–Crippen MR) is 60.0 cm³/mol. The maximum atomic E-state index is 2.56. The van der Waals surface area contributed by atoms with Crippen LogP contribution in [0.1, 0.15) is 53.9 Å². The topological polar surface area (TPSA) is 0 Å². The van der Waals surface area contributed by atoms with Crippen LogP contribution >= 0.6 is 0 Å². The van der Waals surface area contributed by atoms with E-state index in [1.807, 2.05) is 0 Å². The molecule has 0 heteroatoms. The van der Waals surface area contributed by atoms with E-state index in [9.17, 15) is 0 Å². The highest BCUT2D eigenvalue weighted by molar-refractivity contribution is 5.24. The Labute approximate surface area is 88.5 Å². The lowest BCUT2D eigenvalue weighted by atomic mass is 9.61. The van der Waals surface area contributed by atoms with E-state index in [1.54, 1.807) is 0 Å². The van der Waals surface area contributed by atoms with Crippen molar-refractivity contribution in [2.45, 2.75) is 53.9 Å². The fourth-order valence-corrected chi connectivity index (χ4v) is 5.11. The number of fused-ring (bicyclic) bond motifs is 1. The molecule has 3 aliphatic rings. The van der Waals surface area contributed by atoms with E-state index >= 15 is 0 Å². The zero-order chi connectivity index (χ0) is 10.4. The second-order valence-electron chi connectivity index (χ2n) is 7.18. The lowest BCUT2D eigenvalue weighted by molar-refractivity contribution is 0.0512. The summed E-state index contributed by atoms with van der Waals surface area (Å²) in [7, 11) is 0. The predicted octanol–water partition coefficient (Wildman–Crippen LogP) is 4.10. The summed E-state index contributed by atoms with van der Waals surface area (Å²) in [5, 5.41) is 0. The molecular formula is C14H24. The van der Waals surface area contributed by atoms with Gasteiger partial charge in [0, 0.05) is 0 Å². The van der Waals surface area contributed by atoms with E-state index in [0.29, 0.717) is 10.8 Å². The van der Waals surface area contributed by atoms with Gasteiger partial charge in [0.2, 0.25) is 0 Å². The summed E-state index contributed by atoms with van der Waals surface area (Å²) in [6.07, 6.45) is 4.53. The smallest absolute Gasteiger partial charge is 0.0233 e. The summed E-state index contributed by atoms with van der Waals surface area (Å²) in [4.78, 5) is 0. The van der Waals surface area contributed by atoms with Crippen molar-refractivity contribution < 1.29 is 0 Å². The van der Waals surface area contributed by atoms with Gasteiger partial charge in [0.05, 0.1) is 0 Å². The minimum Gasteiger partial charge on any atom is -0.0619 e. The van der Waals surface area contributed by atoms with Gasteiger partial charge in [0.1, 0.15) is 0 Å². The molecule has 0 aromatic heterocycles. The molecule has 3 rings (SSSR count). The van der Waals surface area contributed by atoms with Crippen LogP contribution in [-0.2, 0) is 0 Å². The zero-order valence-corrected chi connectivity index (χ0v) is 10.4. The first-order valence-corrected chi connectivity index (χ1v) is 6.37. The van der Waals surface area contributed by atoms with Crippen molar-refractivity contribution in [1.82, 2.24) is 0 Å². The van der Waals surface area contributed by atoms with Crippen LogP contribution in [0.15, 0.2) is 0 Å². The fourth-order valence-electron chi connectivity index (χ4n) is 5.11. The fraction of sp³-hybridized carbons (Fsp3) is 1.00. The van der Waals surface area contributed by atoms with E-state index in [4.69, 9.17) is 0 Å². The Kier molecular flexibility index (Phi) is 1.37. The maximum absolute atomic E-state index is 2.56. The van der Waals surface area contributed by atoms with Crippen molar-refractivity contribution in [2.24, 2.45) is 34.0 Å². The van der Waals surface area contributed by atoms with E-state index in [2.05, 4.69) is 34.6 Å². The third-order valence-corrected chi connectivity index (χ3v) is 7.01. The number of hydrogen-bond donors (Lipinski definition) is 0. The molecule has 0 amide bonds. The maximum Gasteiger partial charge on any atom is -0.0233 e. The van der Waals surface area contributed by atoms with Crippen LogP contribution in [-0.4, -0.2) is 0 Å². The monoisotopic (exact) mass is 192 g/mol. The summed E-state index contributed by atoms with van der Waals surface area (Å²) in [5.41, 5.74) is 2.15. The van der Waals surface area contributed by atoms with Crippen LogP contribution in [0.3, 0.4) is 0 Å². The van der Waals surface area contributed by atoms with Crippen LogP contribution in [0.25, 0.3) is 0 Å². The molecule has 0 nitrogen and oxygen atoms in total. The third kappa shape index (κ3) is 0.717. The van der Waals surface area contributed by atoms with Crippen LogP contribution in [0, 0.1) is 34.0 Å². The summed E-state index contributed by atoms with van der Waals surface area (Å²) >= 11 is 0. The van der Waals surface area contributed by atoms with Crippen molar-refractivity contribution in [3.05, 3.63) is 0 Å². The van der Waals surface area contributed by atoms with Crippen molar-refractivity contribution in [3.8, 4) is 0 Å². The van der Waals surface area contributed by atoms with Crippen molar-refractivity contribution in [3.63, 3.8) is 0 Å². The standard InChI is InChI=1S/C14H24/c1-9-6-14(7-10(14)2)11(3)13(5)8-12(9,13)4/h9-11H,6-8H2,1-5H3. The Morgan fingerprint density at radius 3 is 1.93 bits per heavy atom. The molecule has 6 unspecified atom stereocenters. The molecule has 3 saturated carbocycles. The summed E-state index contributed by atoms with van der Waals surface area (Å²) < 4.78 is 0. The molecule has 0 aromatic carbocycles. The van der Waals surface area contributed by atoms with Gasteiger partial charge in [-0.1, -0.05) is 34.6 Å². The Balaban J connectivity index is 1.97. The summed E-state index contributed by atoms with van der Waals surface area (Å²) in [6, 6.07) is 0. The second-order valence-corrected chi connectivity index (χ2v) is 7.18. The molecule has 0 aliphatic heterocycles. The molecule has 0 aromatic rings. The lowest BCUT2D eigenvalue weighted by Crippen LogP contribution is -2.37. The van der Waals surface area contributed by atoms with Crippen molar-refractivity contribution in [2.75, 3.05) is 0 Å². The first kappa shape index (κ1) is 9.24. The molecule has 0 bridgehead atoms. The van der Waals surface area contributed by atoms with Gasteiger partial charge in [0.25, 0.3) is 0 Å². The van der Waals surface area contributed by atoms with Gasteiger partial charge in [-0.25, -0.2) is 0 Å². The molecule has 0 saturated heterocycles. The van der Waals surface area contributed by atoms with E-state index in [-0.39, 0.29) is 0 Å². The Bertz CT molecular complexity index is 292. The van der Waals surface area contributed by atoms with Gasteiger partial charge in [-0.05, 0) is 53.3 Å². The number of rotatable bonds is 0. The lowest BCUT2D eigenvalue weighted by Gasteiger charge is -2.43. The minimum absolute atomic E-state index is 0.690. The molecule has 6 atom stereocenters. The average Bonchev–Trinajstić information content (AvgIpc) is 2.89. The molecule has 3 fully saturated rings. The Hall–Kier alpha value is 0. The molecular weight excluding hydrogens is 168 g/mol. The van der Waals surface area contributed by atoms with E-state index in [1.165, 1.54) is 19.3 Å². The molecule has 1 spiro atoms. The third-order valence-electron chi connectivity index (χ3n) is 7.01. The molecule has 80 valence electrons. The molecule has 0 heterocycles. The number of hydrogen-bond acceptors (Lipinski definition) is 0. The van der Waals surface area contributed by atoms with Crippen LogP contribution in [0.5, 0.6) is 0 Å². The van der Waals surface area contributed by atoms with E-state index in [0.717, 1.165) is 23.2 Å². The molecule has 0 N–H and O–H groups in total. The van der Waals surface area contributed by atoms with Crippen LogP contribution in [0.2, 0.25) is 0 Å². The summed E-state index contributed by atoms with van der Waals surface area (Å²) in [6.45, 7) is 12.6. The second kappa shape index (κ2) is 2.08. The van der Waals surface area contributed by atoms with Gasteiger partial charge in [0.15, 0.2) is 0 Å².